The van der Waals surface area contributed by atoms with E-state index in [-0.39, 0.29) is 56.4 Å². The number of benzene rings is 3. The van der Waals surface area contributed by atoms with Crippen molar-refractivity contribution in [2.45, 2.75) is 109 Å². The molecule has 7 rings (SSSR count). The maximum atomic E-state index is 14.2. The van der Waals surface area contributed by atoms with Gasteiger partial charge in [0.15, 0.2) is 0 Å². The van der Waals surface area contributed by atoms with Crippen molar-refractivity contribution >= 4 is 11.8 Å². The van der Waals surface area contributed by atoms with Crippen LogP contribution in [0.1, 0.15) is 92.4 Å². The van der Waals surface area contributed by atoms with Crippen LogP contribution >= 0.6 is 0 Å². The van der Waals surface area contributed by atoms with E-state index in [4.69, 9.17) is 33.7 Å². The predicted octanol–water partition coefficient (Wildman–Crippen LogP) is 9.66. The number of oxime groups is 1. The average Bonchev–Trinajstić information content (AvgIpc) is 3.27. The molecule has 61 heavy (non-hydrogen) atoms. The summed E-state index contributed by atoms with van der Waals surface area (Å²) in [4.78, 5) is 22.1. The maximum Gasteiger partial charge on any atom is 0.410 e. The van der Waals surface area contributed by atoms with Crippen LogP contribution in [0.2, 0.25) is 0 Å². The van der Waals surface area contributed by atoms with Crippen LogP contribution in [0.5, 0.6) is 17.2 Å². The Morgan fingerprint density at radius 1 is 0.984 bits per heavy atom. The van der Waals surface area contributed by atoms with Crippen LogP contribution in [0.4, 0.5) is 9.18 Å². The number of allylic oxidation sites excluding steroid dienone is 1. The minimum Gasteiger partial charge on any atom is -0.459 e. The average molecular weight is 841 g/mol. The number of carbonyl (C=O) groups is 1. The summed E-state index contributed by atoms with van der Waals surface area (Å²) in [6.45, 7) is 9.08. The Morgan fingerprint density at radius 3 is 2.44 bits per heavy atom. The molecule has 2 aliphatic carbocycles. The molecule has 0 aromatic heterocycles. The largest absolute Gasteiger partial charge is 0.459 e. The van der Waals surface area contributed by atoms with E-state index in [1.165, 1.54) is 24.8 Å². The Bertz CT molecular complexity index is 2030. The molecule has 328 valence electrons. The van der Waals surface area contributed by atoms with Crippen molar-refractivity contribution in [3.63, 3.8) is 0 Å². The number of ether oxygens (including phenoxy) is 5. The summed E-state index contributed by atoms with van der Waals surface area (Å²) in [5.41, 5.74) is 5.48. The SMILES string of the molecule is C=CCOC12Oc3ccc(Oc4ccc(C)c(C)c4)cc3C3C(CCCCO)C(CCCCO)C=C(C(=NOC4CCCCO4)CC1N(Cc1ccc(F)cc1)C(=O)OC)C32. The van der Waals surface area contributed by atoms with Crippen molar-refractivity contribution in [3.05, 3.63) is 113 Å². The highest BCUT2D eigenvalue weighted by molar-refractivity contribution is 6.03. The second-order valence-electron chi connectivity index (χ2n) is 16.7. The van der Waals surface area contributed by atoms with Gasteiger partial charge >= 0.3 is 6.09 Å². The zero-order valence-corrected chi connectivity index (χ0v) is 35.7. The van der Waals surface area contributed by atoms with Crippen LogP contribution in [-0.4, -0.2) is 78.6 Å². The number of aliphatic hydroxyl groups excluding tert-OH is 2. The van der Waals surface area contributed by atoms with Crippen LogP contribution in [0.15, 0.2) is 90.1 Å². The molecular weight excluding hydrogens is 780 g/mol. The van der Waals surface area contributed by atoms with Crippen LogP contribution in [0.25, 0.3) is 0 Å². The molecule has 2 N–H and O–H groups in total. The molecule has 3 aromatic rings. The molecule has 2 aliphatic heterocycles. The van der Waals surface area contributed by atoms with Crippen molar-refractivity contribution in [1.29, 1.82) is 0 Å². The summed E-state index contributed by atoms with van der Waals surface area (Å²) < 4.78 is 46.6. The number of hydrogen-bond donors (Lipinski definition) is 2. The Labute approximate surface area is 359 Å². The molecule has 12 heteroatoms. The van der Waals surface area contributed by atoms with Crippen molar-refractivity contribution in [2.75, 3.05) is 33.5 Å². The highest BCUT2D eigenvalue weighted by Crippen LogP contribution is 2.62. The standard InChI is InChI=1S/C49H61FN2O9/c1-5-25-58-49-44(52(48(55)56-4)31-34-16-18-36(50)19-17-34)30-42(51-61-45-14-8-11-26-57-45)40-28-35(12-6-9-23-53)39(13-7-10-24-54)46(47(40)49)41-29-38(21-22-43(41)60-49)59-37-20-15-32(2)33(3)27-37/h5,15-22,27-29,35,39,44-47,53-54H,1,6-14,23-26,30-31H2,2-4H3. The summed E-state index contributed by atoms with van der Waals surface area (Å²) in [5.74, 6) is -0.608. The number of rotatable bonds is 18. The van der Waals surface area contributed by atoms with Gasteiger partial charge < -0.3 is 38.7 Å². The summed E-state index contributed by atoms with van der Waals surface area (Å²) in [7, 11) is 1.34. The maximum absolute atomic E-state index is 14.2. The smallest absolute Gasteiger partial charge is 0.410 e. The third kappa shape index (κ3) is 9.83. The van der Waals surface area contributed by atoms with Gasteiger partial charge in [0.25, 0.3) is 0 Å². The lowest BCUT2D eigenvalue weighted by Crippen LogP contribution is -2.70. The minimum atomic E-state index is -1.49. The topological polar surface area (TPSA) is 129 Å². The van der Waals surface area contributed by atoms with Gasteiger partial charge in [-0.2, -0.15) is 0 Å². The lowest BCUT2D eigenvalue weighted by Gasteiger charge is -2.59. The quantitative estimate of drug-likeness (QED) is 0.0731. The summed E-state index contributed by atoms with van der Waals surface area (Å²) in [6.07, 6.45) is 10.1. The van der Waals surface area contributed by atoms with Gasteiger partial charge in [0.05, 0.1) is 32.0 Å². The van der Waals surface area contributed by atoms with Crippen LogP contribution in [-0.2, 0) is 25.6 Å². The third-order valence-electron chi connectivity index (χ3n) is 12.8. The molecule has 0 spiro atoms. The van der Waals surface area contributed by atoms with E-state index >= 15 is 0 Å². The number of aliphatic hydroxyl groups is 2. The van der Waals surface area contributed by atoms with Gasteiger partial charge in [-0.25, -0.2) is 9.18 Å². The van der Waals surface area contributed by atoms with E-state index in [1.54, 1.807) is 23.1 Å². The molecule has 1 saturated heterocycles. The van der Waals surface area contributed by atoms with E-state index in [0.29, 0.717) is 48.6 Å². The first-order valence-corrected chi connectivity index (χ1v) is 21.9. The highest BCUT2D eigenvalue weighted by Gasteiger charge is 2.65. The monoisotopic (exact) mass is 840 g/mol. The number of aryl methyl sites for hydroxylation is 2. The molecule has 2 fully saturated rings. The zero-order chi connectivity index (χ0) is 42.9. The number of hydrogen-bond acceptors (Lipinski definition) is 10. The van der Waals surface area contributed by atoms with Crippen LogP contribution in [0.3, 0.4) is 0 Å². The Balaban J connectivity index is 1.45. The van der Waals surface area contributed by atoms with Gasteiger partial charge in [-0.05, 0) is 129 Å². The zero-order valence-electron chi connectivity index (χ0n) is 35.7. The Kier molecular flexibility index (Phi) is 14.8. The van der Waals surface area contributed by atoms with Crippen molar-refractivity contribution in [1.82, 2.24) is 4.90 Å². The Hall–Kier alpha value is -4.75. The van der Waals surface area contributed by atoms with E-state index in [2.05, 4.69) is 32.6 Å². The molecule has 0 radical (unpaired) electrons. The minimum absolute atomic E-state index is 0.0245. The molecule has 11 nitrogen and oxygen atoms in total. The molecule has 3 aromatic carbocycles. The molecule has 4 aliphatic rings. The molecule has 1 saturated carbocycles. The van der Waals surface area contributed by atoms with Crippen molar-refractivity contribution < 1.29 is 47.9 Å². The number of carbonyl (C=O) groups excluding carboxylic acids is 1. The second kappa shape index (κ2) is 20.4. The normalized spacial score (nSPS) is 26.0. The Morgan fingerprint density at radius 2 is 1.74 bits per heavy atom. The number of halogens is 1. The number of fused-ring (bicyclic) bond motifs is 2. The van der Waals surface area contributed by atoms with E-state index in [0.717, 1.165) is 61.0 Å². The molecule has 0 bridgehead atoms. The van der Waals surface area contributed by atoms with E-state index < -0.39 is 30.1 Å². The van der Waals surface area contributed by atoms with Gasteiger partial charge in [-0.15, -0.1) is 6.58 Å². The van der Waals surface area contributed by atoms with Gasteiger partial charge in [-0.3, -0.25) is 4.90 Å². The first-order chi connectivity index (χ1) is 29.7. The van der Waals surface area contributed by atoms with E-state index in [9.17, 15) is 19.4 Å². The molecule has 2 heterocycles. The molecule has 1 amide bonds. The van der Waals surface area contributed by atoms with Gasteiger partial charge in [-0.1, -0.05) is 48.3 Å². The summed E-state index contributed by atoms with van der Waals surface area (Å²) in [5, 5.41) is 24.8. The van der Waals surface area contributed by atoms with E-state index in [1.807, 2.05) is 30.3 Å². The fraction of sp³-hybridized carbons (Fsp3) is 0.510. The molecular formula is C49H61FN2O9. The van der Waals surface area contributed by atoms with Crippen molar-refractivity contribution in [2.24, 2.45) is 22.9 Å². The van der Waals surface area contributed by atoms with Gasteiger partial charge in [0.2, 0.25) is 12.1 Å². The van der Waals surface area contributed by atoms with Crippen LogP contribution < -0.4 is 9.47 Å². The fourth-order valence-electron chi connectivity index (χ4n) is 9.75. The highest BCUT2D eigenvalue weighted by atomic mass is 19.1. The number of nitrogens with zero attached hydrogens (tertiary/aromatic N) is 2. The number of methoxy groups -OCH3 is 1. The van der Waals surface area contributed by atoms with Crippen LogP contribution in [0, 0.1) is 37.4 Å². The third-order valence-corrected chi connectivity index (χ3v) is 12.8. The number of amides is 1. The molecule has 7 atom stereocenters. The fourth-order valence-corrected chi connectivity index (χ4v) is 9.75. The lowest BCUT2D eigenvalue weighted by atomic mass is 9.55. The summed E-state index contributed by atoms with van der Waals surface area (Å²) in [6, 6.07) is 17.2. The summed E-state index contributed by atoms with van der Waals surface area (Å²) >= 11 is 0. The number of unbranched alkanes of at least 4 members (excludes halogenated alkanes) is 2. The first kappa shape index (κ1) is 44.3. The van der Waals surface area contributed by atoms with Gasteiger partial charge in [0, 0.05) is 44.1 Å². The first-order valence-electron chi connectivity index (χ1n) is 21.9. The molecule has 7 unspecified atom stereocenters. The second-order valence-corrected chi connectivity index (χ2v) is 16.7. The van der Waals surface area contributed by atoms with Gasteiger partial charge in [0.1, 0.15) is 29.1 Å². The lowest BCUT2D eigenvalue weighted by molar-refractivity contribution is -0.256. The predicted molar refractivity (Wildman–Crippen MR) is 230 cm³/mol. The van der Waals surface area contributed by atoms with Crippen molar-refractivity contribution in [3.8, 4) is 17.2 Å².